The molecule has 0 saturated carbocycles. The van der Waals surface area contributed by atoms with Gasteiger partial charge in [0.25, 0.3) is 0 Å². The van der Waals surface area contributed by atoms with E-state index in [9.17, 15) is 14.4 Å². The lowest BCUT2D eigenvalue weighted by atomic mass is 10.2. The Morgan fingerprint density at radius 2 is 1.76 bits per heavy atom. The third-order valence-electron chi connectivity index (χ3n) is 1.91. The molecule has 0 rings (SSSR count). The van der Waals surface area contributed by atoms with Crippen LogP contribution in [0.15, 0.2) is 0 Å². The molecule has 0 fully saturated rings. The number of carbonyl (C=O) groups is 3. The van der Waals surface area contributed by atoms with E-state index in [0.29, 0.717) is 4.90 Å². The van der Waals surface area contributed by atoms with Crippen molar-refractivity contribution in [3.8, 4) is 0 Å². The van der Waals surface area contributed by atoms with E-state index >= 15 is 0 Å². The van der Waals surface area contributed by atoms with E-state index in [1.807, 2.05) is 0 Å². The number of aliphatic carboxylic acids is 1. The van der Waals surface area contributed by atoms with Gasteiger partial charge in [-0.15, -0.1) is 0 Å². The average Bonchev–Trinajstić information content (AvgIpc) is 2.14. The lowest BCUT2D eigenvalue weighted by Gasteiger charge is -2.28. The fourth-order valence-electron chi connectivity index (χ4n) is 1.07. The summed E-state index contributed by atoms with van der Waals surface area (Å²) in [4.78, 5) is 34.7. The highest BCUT2D eigenvalue weighted by Gasteiger charge is 2.33. The molecule has 6 heteroatoms. The molecule has 1 unspecified atom stereocenters. The van der Waals surface area contributed by atoms with E-state index in [-0.39, 0.29) is 6.42 Å². The Morgan fingerprint density at radius 3 is 2.06 bits per heavy atom. The van der Waals surface area contributed by atoms with Crippen molar-refractivity contribution < 1.29 is 24.2 Å². The predicted molar refractivity (Wildman–Crippen MR) is 60.5 cm³/mol. The molecule has 0 radical (unpaired) electrons. The van der Waals surface area contributed by atoms with Gasteiger partial charge >= 0.3 is 12.1 Å². The number of hydrogen-bond donors (Lipinski definition) is 1. The lowest BCUT2D eigenvalue weighted by molar-refractivity contribution is -0.148. The van der Waals surface area contributed by atoms with Gasteiger partial charge in [-0.05, 0) is 27.7 Å². The summed E-state index contributed by atoms with van der Waals surface area (Å²) in [5, 5.41) is 8.84. The third-order valence-corrected chi connectivity index (χ3v) is 1.91. The fraction of sp³-hybridized carbons (Fsp3) is 0.727. The predicted octanol–water partition coefficient (Wildman–Crippen LogP) is 1.63. The van der Waals surface area contributed by atoms with Crippen LogP contribution in [0.25, 0.3) is 0 Å². The third kappa shape index (κ3) is 4.84. The van der Waals surface area contributed by atoms with Crippen molar-refractivity contribution in [3.63, 3.8) is 0 Å². The van der Waals surface area contributed by atoms with Gasteiger partial charge in [-0.3, -0.25) is 4.79 Å². The number of imide groups is 1. The normalized spacial score (nSPS) is 12.8. The molecule has 0 spiro atoms. The SMILES string of the molecule is CCC(=O)N(C(=O)OC(C)(C)C)C(C)C(=O)O. The lowest BCUT2D eigenvalue weighted by Crippen LogP contribution is -2.48. The first-order valence-corrected chi connectivity index (χ1v) is 5.38. The molecular weight excluding hydrogens is 226 g/mol. The van der Waals surface area contributed by atoms with Gasteiger partial charge in [-0.1, -0.05) is 6.92 Å². The van der Waals surface area contributed by atoms with Crippen LogP contribution in [0, 0.1) is 0 Å². The second-order valence-corrected chi connectivity index (χ2v) is 4.61. The molecule has 98 valence electrons. The summed E-state index contributed by atoms with van der Waals surface area (Å²) in [6, 6.07) is -1.24. The molecule has 0 bridgehead atoms. The van der Waals surface area contributed by atoms with Gasteiger partial charge in [0.05, 0.1) is 0 Å². The molecule has 0 aromatic rings. The van der Waals surface area contributed by atoms with E-state index < -0.39 is 29.6 Å². The Bertz CT molecular complexity index is 318. The molecule has 0 heterocycles. The number of rotatable bonds is 3. The maximum atomic E-state index is 11.7. The van der Waals surface area contributed by atoms with Crippen LogP contribution < -0.4 is 0 Å². The first-order valence-electron chi connectivity index (χ1n) is 5.38. The molecule has 0 aliphatic heterocycles. The van der Waals surface area contributed by atoms with Crippen LogP contribution in [0.1, 0.15) is 41.0 Å². The molecule has 1 N–H and O–H groups in total. The summed E-state index contributed by atoms with van der Waals surface area (Å²) in [6.07, 6.45) is -0.893. The summed E-state index contributed by atoms with van der Waals surface area (Å²) >= 11 is 0. The highest BCUT2D eigenvalue weighted by Crippen LogP contribution is 2.13. The summed E-state index contributed by atoms with van der Waals surface area (Å²) in [7, 11) is 0. The summed E-state index contributed by atoms with van der Waals surface area (Å²) < 4.78 is 5.00. The molecule has 2 amide bonds. The maximum Gasteiger partial charge on any atom is 0.417 e. The maximum absolute atomic E-state index is 11.7. The fourth-order valence-corrected chi connectivity index (χ4v) is 1.07. The topological polar surface area (TPSA) is 83.9 Å². The Morgan fingerprint density at radius 1 is 1.29 bits per heavy atom. The molecule has 0 saturated heterocycles. The van der Waals surface area contributed by atoms with Gasteiger partial charge in [0.2, 0.25) is 5.91 Å². The van der Waals surface area contributed by atoms with Crippen LogP contribution in [-0.4, -0.2) is 39.6 Å². The minimum Gasteiger partial charge on any atom is -0.480 e. The van der Waals surface area contributed by atoms with Gasteiger partial charge < -0.3 is 9.84 Å². The van der Waals surface area contributed by atoms with Crippen molar-refractivity contribution in [2.45, 2.75) is 52.7 Å². The zero-order valence-corrected chi connectivity index (χ0v) is 10.8. The summed E-state index contributed by atoms with van der Waals surface area (Å²) in [5.74, 6) is -1.83. The van der Waals surface area contributed by atoms with E-state index in [2.05, 4.69) is 0 Å². The van der Waals surface area contributed by atoms with Gasteiger partial charge in [0.1, 0.15) is 11.6 Å². The van der Waals surface area contributed by atoms with E-state index in [0.717, 1.165) is 0 Å². The molecule has 0 aliphatic rings. The quantitative estimate of drug-likeness (QED) is 0.817. The van der Waals surface area contributed by atoms with Crippen molar-refractivity contribution >= 4 is 18.0 Å². The molecular formula is C11H19NO5. The number of hydrogen-bond acceptors (Lipinski definition) is 4. The van der Waals surface area contributed by atoms with Crippen molar-refractivity contribution in [2.24, 2.45) is 0 Å². The van der Waals surface area contributed by atoms with Gasteiger partial charge in [-0.2, -0.15) is 0 Å². The van der Waals surface area contributed by atoms with Crippen LogP contribution >= 0.6 is 0 Å². The largest absolute Gasteiger partial charge is 0.480 e. The smallest absolute Gasteiger partial charge is 0.417 e. The van der Waals surface area contributed by atoms with Crippen molar-refractivity contribution in [1.82, 2.24) is 4.90 Å². The average molecular weight is 245 g/mol. The second-order valence-electron chi connectivity index (χ2n) is 4.61. The monoisotopic (exact) mass is 245 g/mol. The van der Waals surface area contributed by atoms with Crippen molar-refractivity contribution in [2.75, 3.05) is 0 Å². The minimum absolute atomic E-state index is 0.0386. The van der Waals surface area contributed by atoms with E-state index in [1.54, 1.807) is 27.7 Å². The Labute approximate surface area is 101 Å². The number of carboxylic acids is 1. The first kappa shape index (κ1) is 15.4. The highest BCUT2D eigenvalue weighted by atomic mass is 16.6. The Kier molecular flexibility index (Phi) is 5.12. The summed E-state index contributed by atoms with van der Waals surface area (Å²) in [6.45, 7) is 7.74. The molecule has 6 nitrogen and oxygen atoms in total. The summed E-state index contributed by atoms with van der Waals surface area (Å²) in [5.41, 5.74) is -0.776. The van der Waals surface area contributed by atoms with Crippen molar-refractivity contribution in [1.29, 1.82) is 0 Å². The molecule has 17 heavy (non-hydrogen) atoms. The molecule has 0 aromatic carbocycles. The number of ether oxygens (including phenoxy) is 1. The molecule has 1 atom stereocenters. The first-order chi connectivity index (χ1) is 7.60. The second kappa shape index (κ2) is 5.65. The van der Waals surface area contributed by atoms with Gasteiger partial charge in [-0.25, -0.2) is 14.5 Å². The molecule has 0 aliphatic carbocycles. The Hall–Kier alpha value is -1.59. The van der Waals surface area contributed by atoms with Crippen LogP contribution in [0.4, 0.5) is 4.79 Å². The van der Waals surface area contributed by atoms with Crippen molar-refractivity contribution in [3.05, 3.63) is 0 Å². The number of amides is 2. The molecule has 0 aromatic heterocycles. The Balaban J connectivity index is 5.00. The number of carbonyl (C=O) groups excluding carboxylic acids is 2. The van der Waals surface area contributed by atoms with E-state index in [1.165, 1.54) is 6.92 Å². The van der Waals surface area contributed by atoms with Crippen LogP contribution in [-0.2, 0) is 14.3 Å². The zero-order chi connectivity index (χ0) is 13.8. The van der Waals surface area contributed by atoms with Crippen LogP contribution in [0.5, 0.6) is 0 Å². The van der Waals surface area contributed by atoms with Crippen LogP contribution in [0.2, 0.25) is 0 Å². The zero-order valence-electron chi connectivity index (χ0n) is 10.8. The highest BCUT2D eigenvalue weighted by molar-refractivity contribution is 5.96. The van der Waals surface area contributed by atoms with Gasteiger partial charge in [0, 0.05) is 6.42 Å². The van der Waals surface area contributed by atoms with E-state index in [4.69, 9.17) is 9.84 Å². The standard InChI is InChI=1S/C11H19NO5/c1-6-8(13)12(7(2)9(14)15)10(16)17-11(3,4)5/h7H,6H2,1-5H3,(H,14,15). The number of carboxylic acid groups (broad SMARTS) is 1. The van der Waals surface area contributed by atoms with Crippen LogP contribution in [0.3, 0.4) is 0 Å². The van der Waals surface area contributed by atoms with Gasteiger partial charge in [0.15, 0.2) is 0 Å². The minimum atomic E-state index is -1.25. The number of nitrogens with zero attached hydrogens (tertiary/aromatic N) is 1.